The number of hydrogen-bond acceptors (Lipinski definition) is 0. The molecule has 0 N–H and O–H groups in total. The molecular formula is C12H24B2. The van der Waals surface area contributed by atoms with Gasteiger partial charge in [0.2, 0.25) is 0 Å². The van der Waals surface area contributed by atoms with Crippen LogP contribution in [0, 0.1) is 10.8 Å². The maximum Gasteiger partial charge on any atom is 0.134 e. The first-order chi connectivity index (χ1) is 6.05. The van der Waals surface area contributed by atoms with E-state index in [4.69, 9.17) is 0 Å². The van der Waals surface area contributed by atoms with E-state index in [2.05, 4.69) is 69.4 Å². The molecule has 0 radical (unpaired) electrons. The second kappa shape index (κ2) is 4.42. The van der Waals surface area contributed by atoms with E-state index in [1.807, 2.05) is 0 Å². The summed E-state index contributed by atoms with van der Waals surface area (Å²) in [6.07, 6.45) is 4.50. The van der Waals surface area contributed by atoms with E-state index in [-0.39, 0.29) is 10.8 Å². The molecule has 0 rings (SSSR count). The molecule has 0 saturated heterocycles. The summed E-state index contributed by atoms with van der Waals surface area (Å²) in [6, 6.07) is 0. The van der Waals surface area contributed by atoms with Crippen LogP contribution < -0.4 is 0 Å². The average Bonchev–Trinajstić information content (AvgIpc) is 1.95. The summed E-state index contributed by atoms with van der Waals surface area (Å²) in [5.74, 6) is 0. The molecule has 0 amide bonds. The van der Waals surface area contributed by atoms with Gasteiger partial charge in [-0.15, -0.1) is 10.9 Å². The van der Waals surface area contributed by atoms with Crippen molar-refractivity contribution in [2.45, 2.75) is 41.5 Å². The standard InChI is InChI=1S/C12H24B2/c1-11(2,3)9(13)7-8-10(14)12(4,5)6/h7-8H,13-14H2,1-6H3/b9-7+,10-8+. The Morgan fingerprint density at radius 2 is 0.929 bits per heavy atom. The van der Waals surface area contributed by atoms with Crippen molar-refractivity contribution in [2.75, 3.05) is 0 Å². The minimum Gasteiger partial charge on any atom is -0.105 e. The summed E-state index contributed by atoms with van der Waals surface area (Å²) in [4.78, 5) is 0. The Bertz CT molecular complexity index is 218. The smallest absolute Gasteiger partial charge is 0.105 e. The van der Waals surface area contributed by atoms with Crippen LogP contribution in [0.4, 0.5) is 0 Å². The molecule has 2 heteroatoms. The Labute approximate surface area is 91.7 Å². The summed E-state index contributed by atoms with van der Waals surface area (Å²) in [6.45, 7) is 13.5. The van der Waals surface area contributed by atoms with Crippen molar-refractivity contribution in [1.29, 1.82) is 0 Å². The normalized spacial score (nSPS) is 15.9. The van der Waals surface area contributed by atoms with Crippen LogP contribution in [0.5, 0.6) is 0 Å². The van der Waals surface area contributed by atoms with E-state index in [1.165, 1.54) is 10.9 Å². The molecule has 78 valence electrons. The first-order valence-corrected chi connectivity index (χ1v) is 5.41. The van der Waals surface area contributed by atoms with E-state index in [9.17, 15) is 0 Å². The molecule has 0 aromatic carbocycles. The highest BCUT2D eigenvalue weighted by Crippen LogP contribution is 2.25. The Balaban J connectivity index is 4.73. The molecule has 0 aromatic heterocycles. The van der Waals surface area contributed by atoms with E-state index < -0.39 is 0 Å². The van der Waals surface area contributed by atoms with Gasteiger partial charge in [-0.2, -0.15) is 0 Å². The lowest BCUT2D eigenvalue weighted by molar-refractivity contribution is 0.525. The minimum absolute atomic E-state index is 0.286. The highest BCUT2D eigenvalue weighted by atomic mass is 14.1. The monoisotopic (exact) mass is 190 g/mol. The van der Waals surface area contributed by atoms with E-state index in [0.29, 0.717) is 0 Å². The molecule has 0 unspecified atom stereocenters. The zero-order valence-corrected chi connectivity index (χ0v) is 11.2. The molecule has 0 aromatic rings. The van der Waals surface area contributed by atoms with Gasteiger partial charge < -0.3 is 0 Å². The van der Waals surface area contributed by atoms with Gasteiger partial charge in [-0.25, -0.2) is 0 Å². The molecule has 0 spiro atoms. The summed E-state index contributed by atoms with van der Waals surface area (Å²) in [5.41, 5.74) is 3.44. The Morgan fingerprint density at radius 3 is 1.07 bits per heavy atom. The van der Waals surface area contributed by atoms with Gasteiger partial charge in [0, 0.05) is 0 Å². The maximum absolute atomic E-state index is 2.25. The van der Waals surface area contributed by atoms with Gasteiger partial charge in [-0.1, -0.05) is 53.7 Å². The largest absolute Gasteiger partial charge is 0.134 e. The third-order valence-electron chi connectivity index (χ3n) is 2.95. The van der Waals surface area contributed by atoms with Gasteiger partial charge in [-0.3, -0.25) is 0 Å². The average molecular weight is 190 g/mol. The molecule has 0 bridgehead atoms. The van der Waals surface area contributed by atoms with Crippen LogP contribution in [0.1, 0.15) is 41.5 Å². The summed E-state index contributed by atoms with van der Waals surface area (Å²) in [7, 11) is 4.40. The maximum atomic E-state index is 2.25. The fourth-order valence-corrected chi connectivity index (χ4v) is 0.750. The van der Waals surface area contributed by atoms with Crippen LogP contribution in [0.25, 0.3) is 0 Å². The molecule has 0 heterocycles. The molecule has 0 aliphatic carbocycles. The summed E-state index contributed by atoms with van der Waals surface area (Å²) < 4.78 is 0. The molecular weight excluding hydrogens is 166 g/mol. The number of allylic oxidation sites excluding steroid dienone is 4. The van der Waals surface area contributed by atoms with Gasteiger partial charge in [-0.05, 0) is 10.8 Å². The highest BCUT2D eigenvalue weighted by molar-refractivity contribution is 6.24. The minimum atomic E-state index is 0.286. The van der Waals surface area contributed by atoms with Crippen molar-refractivity contribution >= 4 is 15.7 Å². The summed E-state index contributed by atoms with van der Waals surface area (Å²) in [5, 5.41) is 0. The van der Waals surface area contributed by atoms with Gasteiger partial charge in [0.15, 0.2) is 0 Å². The van der Waals surface area contributed by atoms with Crippen LogP contribution in [-0.2, 0) is 0 Å². The molecule has 0 nitrogen and oxygen atoms in total. The third kappa shape index (κ3) is 4.74. The summed E-state index contributed by atoms with van der Waals surface area (Å²) >= 11 is 0. The predicted octanol–water partition coefficient (Wildman–Crippen LogP) is 2.11. The molecule has 0 aliphatic heterocycles. The predicted molar refractivity (Wildman–Crippen MR) is 72.2 cm³/mol. The zero-order valence-electron chi connectivity index (χ0n) is 11.2. The van der Waals surface area contributed by atoms with E-state index >= 15 is 0 Å². The zero-order chi connectivity index (χ0) is 11.6. The van der Waals surface area contributed by atoms with Crippen molar-refractivity contribution in [2.24, 2.45) is 10.8 Å². The van der Waals surface area contributed by atoms with Crippen LogP contribution in [0.3, 0.4) is 0 Å². The van der Waals surface area contributed by atoms with Gasteiger partial charge in [0.05, 0.1) is 0 Å². The van der Waals surface area contributed by atoms with Crippen LogP contribution in [-0.4, -0.2) is 15.7 Å². The van der Waals surface area contributed by atoms with Crippen molar-refractivity contribution in [3.63, 3.8) is 0 Å². The van der Waals surface area contributed by atoms with E-state index in [1.54, 1.807) is 0 Å². The van der Waals surface area contributed by atoms with E-state index in [0.717, 1.165) is 0 Å². The lowest BCUT2D eigenvalue weighted by Crippen LogP contribution is -2.11. The lowest BCUT2D eigenvalue weighted by atomic mass is 9.71. The molecule has 0 aliphatic rings. The number of hydrogen-bond donors (Lipinski definition) is 0. The lowest BCUT2D eigenvalue weighted by Gasteiger charge is -2.21. The van der Waals surface area contributed by atoms with Gasteiger partial charge in [0.1, 0.15) is 15.7 Å². The third-order valence-corrected chi connectivity index (χ3v) is 2.95. The Kier molecular flexibility index (Phi) is 4.30. The second-order valence-electron chi connectivity index (χ2n) is 6.20. The van der Waals surface area contributed by atoms with Crippen LogP contribution in [0.2, 0.25) is 0 Å². The van der Waals surface area contributed by atoms with Crippen molar-refractivity contribution in [3.05, 3.63) is 23.1 Å². The first-order valence-electron chi connectivity index (χ1n) is 5.41. The quantitative estimate of drug-likeness (QED) is 0.438. The Hall–Kier alpha value is -0.390. The fourth-order valence-electron chi connectivity index (χ4n) is 0.750. The fraction of sp³-hybridized carbons (Fsp3) is 0.667. The molecule has 0 atom stereocenters. The van der Waals surface area contributed by atoms with Gasteiger partial charge >= 0.3 is 0 Å². The first kappa shape index (κ1) is 13.6. The van der Waals surface area contributed by atoms with Crippen molar-refractivity contribution < 1.29 is 0 Å². The molecule has 0 fully saturated rings. The van der Waals surface area contributed by atoms with Crippen molar-refractivity contribution in [1.82, 2.24) is 0 Å². The molecule has 0 saturated carbocycles. The van der Waals surface area contributed by atoms with Crippen molar-refractivity contribution in [3.8, 4) is 0 Å². The topological polar surface area (TPSA) is 0 Å². The van der Waals surface area contributed by atoms with Crippen LogP contribution >= 0.6 is 0 Å². The van der Waals surface area contributed by atoms with Crippen LogP contribution in [0.15, 0.2) is 23.1 Å². The second-order valence-corrected chi connectivity index (χ2v) is 6.20. The van der Waals surface area contributed by atoms with Gasteiger partial charge in [0.25, 0.3) is 0 Å². The SMILES string of the molecule is B/C(=C/C=C(/B)C(C)(C)C)C(C)(C)C. The molecule has 14 heavy (non-hydrogen) atoms. The highest BCUT2D eigenvalue weighted by Gasteiger charge is 2.13. The number of rotatable bonds is 1. The Morgan fingerprint density at radius 1 is 0.714 bits per heavy atom.